The van der Waals surface area contributed by atoms with E-state index in [0.717, 1.165) is 0 Å². The maximum absolute atomic E-state index is 10.9. The molecule has 64 valence electrons. The van der Waals surface area contributed by atoms with Crippen LogP contribution in [-0.2, 0) is 19.8 Å². The van der Waals surface area contributed by atoms with Crippen molar-refractivity contribution in [2.75, 3.05) is 13.1 Å². The highest BCUT2D eigenvalue weighted by Gasteiger charge is 2.20. The van der Waals surface area contributed by atoms with Crippen molar-refractivity contribution in [2.45, 2.75) is 11.7 Å². The summed E-state index contributed by atoms with van der Waals surface area (Å²) in [5.74, 6) is 0.0787. The molecule has 1 N–H and O–H groups in total. The summed E-state index contributed by atoms with van der Waals surface area (Å²) >= 11 is 4.00. The van der Waals surface area contributed by atoms with Gasteiger partial charge in [0.25, 0.3) is 0 Å². The Kier molecular flexibility index (Phi) is 2.91. The monoisotopic (exact) mass is 193 g/mol. The van der Waals surface area contributed by atoms with E-state index in [1.165, 1.54) is 4.31 Å². The lowest BCUT2D eigenvalue weighted by Crippen LogP contribution is -2.40. The number of rotatable bonds is 1. The lowest BCUT2D eigenvalue weighted by atomic mass is 10.1. The van der Waals surface area contributed by atoms with Crippen molar-refractivity contribution in [1.82, 2.24) is 4.31 Å². The molecule has 6 heteroatoms. The number of Topliss-reactive ketones (excluding diaryl/α,β-unsaturated/α-hetero) is 1. The van der Waals surface area contributed by atoms with Crippen molar-refractivity contribution in [3.05, 3.63) is 0 Å². The molecule has 1 heterocycles. The van der Waals surface area contributed by atoms with Gasteiger partial charge in [-0.3, -0.25) is 4.79 Å². The number of hydrogen-bond donors (Lipinski definition) is 2. The molecular weight excluding hydrogens is 184 g/mol. The molecule has 0 saturated carbocycles. The van der Waals surface area contributed by atoms with Gasteiger partial charge in [0.2, 0.25) is 0 Å². The lowest BCUT2D eigenvalue weighted by molar-refractivity contribution is -0.119. The Labute approximate surface area is 72.5 Å². The lowest BCUT2D eigenvalue weighted by Gasteiger charge is -2.31. The molecule has 0 amide bonds. The van der Waals surface area contributed by atoms with Gasteiger partial charge in [-0.25, -0.2) is 0 Å². The minimum Gasteiger partial charge on any atom is -0.430 e. The minimum atomic E-state index is -1.71. The molecule has 0 radical (unpaired) electrons. The number of nitrogens with one attached hydrogen (secondary N) is 1. The highest BCUT2D eigenvalue weighted by Crippen LogP contribution is 2.11. The molecule has 1 aliphatic rings. The zero-order valence-corrected chi connectivity index (χ0v) is 7.53. The van der Waals surface area contributed by atoms with Crippen LogP contribution in [-0.4, -0.2) is 28.4 Å². The molecule has 1 saturated heterocycles. The van der Waals surface area contributed by atoms with Crippen molar-refractivity contribution < 1.29 is 9.00 Å². The van der Waals surface area contributed by atoms with E-state index in [1.807, 2.05) is 0 Å². The van der Waals surface area contributed by atoms with Crippen LogP contribution < -0.4 is 0 Å². The van der Waals surface area contributed by atoms with E-state index in [0.29, 0.717) is 19.5 Å². The van der Waals surface area contributed by atoms with Gasteiger partial charge in [-0.15, -0.1) is 10.8 Å². The first kappa shape index (κ1) is 9.02. The highest BCUT2D eigenvalue weighted by molar-refractivity contribution is 7.82. The second-order valence-corrected chi connectivity index (χ2v) is 4.01. The number of carbonyl (C=O) groups is 1. The zero-order chi connectivity index (χ0) is 8.43. The third kappa shape index (κ3) is 2.18. The van der Waals surface area contributed by atoms with Crippen LogP contribution in [0.1, 0.15) is 6.42 Å². The molecule has 4 nitrogen and oxygen atoms in total. The topological polar surface area (TPSA) is 61.2 Å². The van der Waals surface area contributed by atoms with Crippen molar-refractivity contribution >= 4 is 29.2 Å². The second-order valence-electron chi connectivity index (χ2n) is 2.37. The Morgan fingerprint density at radius 2 is 2.36 bits per heavy atom. The van der Waals surface area contributed by atoms with E-state index in [1.54, 1.807) is 0 Å². The number of ketones is 1. The summed E-state index contributed by atoms with van der Waals surface area (Å²) in [6.45, 7) is 0.754. The van der Waals surface area contributed by atoms with Gasteiger partial charge in [0.15, 0.2) is 0 Å². The summed E-state index contributed by atoms with van der Waals surface area (Å²) in [4.78, 5) is 10.9. The fourth-order valence-corrected chi connectivity index (χ4v) is 1.92. The van der Waals surface area contributed by atoms with Crippen LogP contribution in [0.2, 0.25) is 0 Å². The molecule has 0 aromatic rings. The standard InChI is InChI=1S/C5H9N2O2S2/c6-11(9)7-2-1-4(8)5(10)3-7/h5-6,10H,1-3H2/q-1. The molecule has 1 rings (SSSR count). The molecule has 0 spiro atoms. The van der Waals surface area contributed by atoms with E-state index in [9.17, 15) is 9.00 Å². The predicted octanol–water partition coefficient (Wildman–Crippen LogP) is 0.201. The first-order valence-corrected chi connectivity index (χ1v) is 4.82. The van der Waals surface area contributed by atoms with Crippen LogP contribution in [0, 0.1) is 4.78 Å². The summed E-state index contributed by atoms with van der Waals surface area (Å²) in [5.41, 5.74) is 0. The number of thiol groups is 1. The minimum absolute atomic E-state index is 0.0787. The van der Waals surface area contributed by atoms with Crippen LogP contribution in [0.15, 0.2) is 0 Å². The quantitative estimate of drug-likeness (QED) is 0.461. The molecule has 1 fully saturated rings. The average molecular weight is 193 g/mol. The Hall–Kier alpha value is -0.0700. The third-order valence-electron chi connectivity index (χ3n) is 1.59. The van der Waals surface area contributed by atoms with E-state index < -0.39 is 10.8 Å². The van der Waals surface area contributed by atoms with E-state index in [2.05, 4.69) is 12.6 Å². The normalized spacial score (nSPS) is 27.8. The number of carbonyl (C=O) groups excluding carboxylic acids is 1. The Bertz CT molecular complexity index is 231. The van der Waals surface area contributed by atoms with Crippen molar-refractivity contribution in [3.8, 4) is 0 Å². The van der Waals surface area contributed by atoms with Gasteiger partial charge in [0.1, 0.15) is 5.78 Å². The summed E-state index contributed by atoms with van der Waals surface area (Å²) < 4.78 is 18.9. The van der Waals surface area contributed by atoms with E-state index >= 15 is 0 Å². The number of piperidine rings is 1. The highest BCUT2D eigenvalue weighted by atomic mass is 32.2. The fourth-order valence-electron chi connectivity index (χ4n) is 0.938. The second kappa shape index (κ2) is 3.55. The molecule has 0 aromatic heterocycles. The first-order valence-electron chi connectivity index (χ1n) is 3.20. The molecule has 1 atom stereocenters. The molecular formula is C5H9N2O2S2-. The predicted molar refractivity (Wildman–Crippen MR) is 44.7 cm³/mol. The van der Waals surface area contributed by atoms with Crippen LogP contribution in [0.3, 0.4) is 0 Å². The van der Waals surface area contributed by atoms with Crippen LogP contribution in [0.4, 0.5) is 0 Å². The maximum atomic E-state index is 10.9. The van der Waals surface area contributed by atoms with Gasteiger partial charge in [0.05, 0.1) is 5.25 Å². The van der Waals surface area contributed by atoms with Gasteiger partial charge in [-0.05, 0) is 6.54 Å². The van der Waals surface area contributed by atoms with Crippen LogP contribution >= 0.6 is 12.6 Å². The average Bonchev–Trinajstić information content (AvgIpc) is 1.94. The SMILES string of the molecule is N=[S-](=O)N1CCC(=O)C(S)C1. The van der Waals surface area contributed by atoms with E-state index in [4.69, 9.17) is 4.78 Å². The van der Waals surface area contributed by atoms with Gasteiger partial charge < -0.3 is 13.3 Å². The van der Waals surface area contributed by atoms with Gasteiger partial charge >= 0.3 is 0 Å². The molecule has 11 heavy (non-hydrogen) atoms. The number of hydrogen-bond acceptors (Lipinski definition) is 5. The van der Waals surface area contributed by atoms with Crippen molar-refractivity contribution in [2.24, 2.45) is 0 Å². The molecule has 0 aliphatic carbocycles. The van der Waals surface area contributed by atoms with Gasteiger partial charge in [0, 0.05) is 13.0 Å². The molecule has 1 aliphatic heterocycles. The van der Waals surface area contributed by atoms with Gasteiger partial charge in [-0.2, -0.15) is 12.6 Å². The van der Waals surface area contributed by atoms with Crippen LogP contribution in [0.25, 0.3) is 0 Å². The molecule has 0 aromatic carbocycles. The number of nitrogens with zero attached hydrogens (tertiary/aromatic N) is 1. The molecule has 1 unspecified atom stereocenters. The third-order valence-corrected chi connectivity index (χ3v) is 2.84. The fraction of sp³-hybridized carbons (Fsp3) is 0.800. The zero-order valence-electron chi connectivity index (χ0n) is 5.82. The van der Waals surface area contributed by atoms with E-state index in [-0.39, 0.29) is 11.0 Å². The Balaban J connectivity index is 2.59. The van der Waals surface area contributed by atoms with Crippen molar-refractivity contribution in [1.29, 1.82) is 4.78 Å². The molecule has 0 bridgehead atoms. The summed E-state index contributed by atoms with van der Waals surface area (Å²) in [7, 11) is -1.71. The maximum Gasteiger partial charge on any atom is 0.148 e. The smallest absolute Gasteiger partial charge is 0.148 e. The van der Waals surface area contributed by atoms with Gasteiger partial charge in [-0.1, -0.05) is 0 Å². The van der Waals surface area contributed by atoms with Crippen molar-refractivity contribution in [3.63, 3.8) is 0 Å². The summed E-state index contributed by atoms with van der Waals surface area (Å²) in [5, 5.41) is -0.363. The largest absolute Gasteiger partial charge is 0.430 e. The Morgan fingerprint density at radius 1 is 1.73 bits per heavy atom. The first-order chi connectivity index (χ1) is 5.11. The Morgan fingerprint density at radius 3 is 2.82 bits per heavy atom. The summed E-state index contributed by atoms with van der Waals surface area (Å²) in [6.07, 6.45) is 0.360. The summed E-state index contributed by atoms with van der Waals surface area (Å²) in [6, 6.07) is 0. The van der Waals surface area contributed by atoms with Crippen LogP contribution in [0.5, 0.6) is 0 Å².